The van der Waals surface area contributed by atoms with Crippen molar-refractivity contribution in [3.8, 4) is 0 Å². The molecule has 1 saturated heterocycles. The third-order valence-electron chi connectivity index (χ3n) is 2.19. The topological polar surface area (TPSA) is 78.8 Å². The van der Waals surface area contributed by atoms with Crippen molar-refractivity contribution in [1.29, 1.82) is 0 Å². The molecule has 1 heterocycles. The van der Waals surface area contributed by atoms with E-state index in [1.165, 1.54) is 0 Å². The Hall–Kier alpha value is -0.650. The standard InChI is InChI=1S/C9H17NO4/c11-6-7(12)5-10-9(13)8-3-1-2-4-14-8/h7-8,11-12H,1-6H2,(H,10,13). The van der Waals surface area contributed by atoms with Crippen LogP contribution in [0, 0.1) is 0 Å². The summed E-state index contributed by atoms with van der Waals surface area (Å²) in [4.78, 5) is 11.4. The molecule has 0 bridgehead atoms. The number of amides is 1. The maximum Gasteiger partial charge on any atom is 0.249 e. The van der Waals surface area contributed by atoms with Gasteiger partial charge in [0.05, 0.1) is 12.7 Å². The van der Waals surface area contributed by atoms with Gasteiger partial charge in [-0.25, -0.2) is 0 Å². The molecule has 0 aliphatic carbocycles. The van der Waals surface area contributed by atoms with Crippen LogP contribution in [0.3, 0.4) is 0 Å². The van der Waals surface area contributed by atoms with Gasteiger partial charge in [-0.1, -0.05) is 0 Å². The minimum absolute atomic E-state index is 0.0786. The number of ether oxygens (including phenoxy) is 1. The number of carbonyl (C=O) groups excluding carboxylic acids is 1. The van der Waals surface area contributed by atoms with Crippen LogP contribution in [0.4, 0.5) is 0 Å². The molecule has 82 valence electrons. The number of hydrogen-bond acceptors (Lipinski definition) is 4. The number of carbonyl (C=O) groups is 1. The molecule has 2 atom stereocenters. The molecule has 1 amide bonds. The van der Waals surface area contributed by atoms with E-state index in [1.807, 2.05) is 0 Å². The number of nitrogens with one attached hydrogen (secondary N) is 1. The molecule has 1 aliphatic heterocycles. The molecular formula is C9H17NO4. The molecule has 0 radical (unpaired) electrons. The molecule has 2 unspecified atom stereocenters. The second-order valence-corrected chi connectivity index (χ2v) is 3.44. The fourth-order valence-electron chi connectivity index (χ4n) is 1.34. The van der Waals surface area contributed by atoms with Gasteiger partial charge in [0.1, 0.15) is 6.10 Å². The van der Waals surface area contributed by atoms with Crippen LogP contribution in [-0.4, -0.2) is 48.1 Å². The van der Waals surface area contributed by atoms with Gasteiger partial charge in [0.2, 0.25) is 5.91 Å². The Balaban J connectivity index is 2.19. The SMILES string of the molecule is O=C(NCC(O)CO)C1CCCCO1. The Morgan fingerprint density at radius 2 is 2.36 bits per heavy atom. The smallest absolute Gasteiger partial charge is 0.249 e. The lowest BCUT2D eigenvalue weighted by atomic mass is 10.1. The molecule has 5 heteroatoms. The van der Waals surface area contributed by atoms with Crippen LogP contribution in [0.1, 0.15) is 19.3 Å². The molecule has 14 heavy (non-hydrogen) atoms. The minimum atomic E-state index is -0.887. The average molecular weight is 203 g/mol. The predicted molar refractivity (Wildman–Crippen MR) is 49.7 cm³/mol. The summed E-state index contributed by atoms with van der Waals surface area (Å²) >= 11 is 0. The highest BCUT2D eigenvalue weighted by Gasteiger charge is 2.21. The summed E-state index contributed by atoms with van der Waals surface area (Å²) in [6.07, 6.45) is 1.47. The van der Waals surface area contributed by atoms with E-state index < -0.39 is 6.10 Å². The number of rotatable bonds is 4. The molecule has 5 nitrogen and oxygen atoms in total. The maximum absolute atomic E-state index is 11.4. The highest BCUT2D eigenvalue weighted by atomic mass is 16.5. The number of hydrogen-bond donors (Lipinski definition) is 3. The van der Waals surface area contributed by atoms with Crippen molar-refractivity contribution in [1.82, 2.24) is 5.32 Å². The van der Waals surface area contributed by atoms with Crippen LogP contribution in [-0.2, 0) is 9.53 Å². The van der Waals surface area contributed by atoms with Crippen molar-refractivity contribution in [3.05, 3.63) is 0 Å². The molecule has 0 aromatic heterocycles. The third-order valence-corrected chi connectivity index (χ3v) is 2.19. The van der Waals surface area contributed by atoms with Crippen molar-refractivity contribution in [2.24, 2.45) is 0 Å². The Kier molecular flexibility index (Phi) is 4.86. The molecule has 0 spiro atoms. The Labute approximate surface area is 83.1 Å². The molecule has 0 saturated carbocycles. The Morgan fingerprint density at radius 1 is 1.57 bits per heavy atom. The second kappa shape index (κ2) is 5.95. The first-order valence-electron chi connectivity index (χ1n) is 4.92. The lowest BCUT2D eigenvalue weighted by molar-refractivity contribution is -0.136. The molecular weight excluding hydrogens is 186 g/mol. The van der Waals surface area contributed by atoms with Crippen LogP contribution >= 0.6 is 0 Å². The summed E-state index contributed by atoms with van der Waals surface area (Å²) in [6, 6.07) is 0. The highest BCUT2D eigenvalue weighted by Crippen LogP contribution is 2.12. The van der Waals surface area contributed by atoms with Crippen molar-refractivity contribution in [2.45, 2.75) is 31.5 Å². The lowest BCUT2D eigenvalue weighted by Gasteiger charge is -2.22. The first kappa shape index (κ1) is 11.4. The first-order chi connectivity index (χ1) is 6.74. The minimum Gasteiger partial charge on any atom is -0.394 e. The molecule has 1 aliphatic rings. The van der Waals surface area contributed by atoms with E-state index in [-0.39, 0.29) is 25.2 Å². The van der Waals surface area contributed by atoms with Gasteiger partial charge in [-0.3, -0.25) is 4.79 Å². The van der Waals surface area contributed by atoms with Crippen molar-refractivity contribution < 1.29 is 19.7 Å². The summed E-state index contributed by atoms with van der Waals surface area (Å²) in [5, 5.41) is 20.1. The van der Waals surface area contributed by atoms with E-state index in [9.17, 15) is 4.79 Å². The predicted octanol–water partition coefficient (Wildman–Crippen LogP) is -0.975. The second-order valence-electron chi connectivity index (χ2n) is 3.44. The van der Waals surface area contributed by atoms with E-state index >= 15 is 0 Å². The maximum atomic E-state index is 11.4. The molecule has 0 aromatic carbocycles. The van der Waals surface area contributed by atoms with Gasteiger partial charge < -0.3 is 20.3 Å². The summed E-state index contributed by atoms with van der Waals surface area (Å²) in [7, 11) is 0. The van der Waals surface area contributed by atoms with Crippen LogP contribution in [0.15, 0.2) is 0 Å². The largest absolute Gasteiger partial charge is 0.394 e. The van der Waals surface area contributed by atoms with Crippen LogP contribution in [0.2, 0.25) is 0 Å². The van der Waals surface area contributed by atoms with Crippen LogP contribution in [0.25, 0.3) is 0 Å². The lowest BCUT2D eigenvalue weighted by Crippen LogP contribution is -2.42. The van der Waals surface area contributed by atoms with Crippen molar-refractivity contribution >= 4 is 5.91 Å². The van der Waals surface area contributed by atoms with Crippen LogP contribution in [0.5, 0.6) is 0 Å². The fraction of sp³-hybridized carbons (Fsp3) is 0.889. The van der Waals surface area contributed by atoms with E-state index in [0.717, 1.165) is 19.3 Å². The zero-order valence-corrected chi connectivity index (χ0v) is 8.11. The fourth-order valence-corrected chi connectivity index (χ4v) is 1.34. The molecule has 1 rings (SSSR count). The van der Waals surface area contributed by atoms with Crippen LogP contribution < -0.4 is 5.32 Å². The number of aliphatic hydroxyl groups excluding tert-OH is 2. The van der Waals surface area contributed by atoms with E-state index in [2.05, 4.69) is 5.32 Å². The summed E-state index contributed by atoms with van der Waals surface area (Å²) < 4.78 is 5.25. The Bertz CT molecular complexity index is 180. The molecule has 1 fully saturated rings. The summed E-state index contributed by atoms with van der Waals surface area (Å²) in [5.41, 5.74) is 0. The normalized spacial score (nSPS) is 24.3. The summed E-state index contributed by atoms with van der Waals surface area (Å²) in [5.74, 6) is -0.197. The van der Waals surface area contributed by atoms with E-state index in [4.69, 9.17) is 14.9 Å². The Morgan fingerprint density at radius 3 is 2.93 bits per heavy atom. The zero-order chi connectivity index (χ0) is 10.4. The highest BCUT2D eigenvalue weighted by molar-refractivity contribution is 5.80. The van der Waals surface area contributed by atoms with Gasteiger partial charge in [-0.15, -0.1) is 0 Å². The van der Waals surface area contributed by atoms with E-state index in [1.54, 1.807) is 0 Å². The van der Waals surface area contributed by atoms with Gasteiger partial charge in [0, 0.05) is 13.2 Å². The monoisotopic (exact) mass is 203 g/mol. The summed E-state index contributed by atoms with van der Waals surface area (Å²) in [6.45, 7) is 0.363. The van der Waals surface area contributed by atoms with Gasteiger partial charge in [-0.05, 0) is 19.3 Å². The van der Waals surface area contributed by atoms with Gasteiger partial charge in [0.15, 0.2) is 0 Å². The zero-order valence-electron chi connectivity index (χ0n) is 8.11. The van der Waals surface area contributed by atoms with Gasteiger partial charge in [0.25, 0.3) is 0 Å². The van der Waals surface area contributed by atoms with Gasteiger partial charge >= 0.3 is 0 Å². The van der Waals surface area contributed by atoms with E-state index in [0.29, 0.717) is 6.61 Å². The third kappa shape index (κ3) is 3.61. The first-order valence-corrected chi connectivity index (χ1v) is 4.92. The molecule has 0 aromatic rings. The van der Waals surface area contributed by atoms with Gasteiger partial charge in [-0.2, -0.15) is 0 Å². The van der Waals surface area contributed by atoms with Crippen molar-refractivity contribution in [2.75, 3.05) is 19.8 Å². The quantitative estimate of drug-likeness (QED) is 0.549. The average Bonchev–Trinajstić information content (AvgIpc) is 2.26. The number of aliphatic hydroxyl groups is 2. The van der Waals surface area contributed by atoms with Crippen molar-refractivity contribution in [3.63, 3.8) is 0 Å². The molecule has 3 N–H and O–H groups in total.